The van der Waals surface area contributed by atoms with E-state index in [1.165, 1.54) is 18.2 Å². The number of carbonyl (C=O) groups is 2. The molecule has 0 unspecified atom stereocenters. The predicted molar refractivity (Wildman–Crippen MR) is 80.2 cm³/mol. The van der Waals surface area contributed by atoms with Crippen LogP contribution in [0.5, 0.6) is 0 Å². The van der Waals surface area contributed by atoms with Crippen LogP contribution in [0.3, 0.4) is 0 Å². The molecule has 4 nitrogen and oxygen atoms in total. The average molecular weight is 284 g/mol. The molecule has 1 saturated heterocycles. The number of carbonyl (C=O) groups excluding carboxylic acids is 2. The highest BCUT2D eigenvalue weighted by Crippen LogP contribution is 2.10. The van der Waals surface area contributed by atoms with Crippen molar-refractivity contribution in [2.75, 3.05) is 24.6 Å². The fourth-order valence-corrected chi connectivity index (χ4v) is 2.77. The van der Waals surface area contributed by atoms with Crippen LogP contribution >= 0.6 is 11.8 Å². The summed E-state index contributed by atoms with van der Waals surface area (Å²) >= 11 is 1.52. The highest BCUT2D eigenvalue weighted by atomic mass is 32.2. The second kappa shape index (κ2) is 8.25. The first kappa shape index (κ1) is 16.1. The van der Waals surface area contributed by atoms with Crippen molar-refractivity contribution in [2.45, 2.75) is 39.2 Å². The second-order valence-corrected chi connectivity index (χ2v) is 6.11. The smallest absolute Gasteiger partial charge is 0.244 e. The third-order valence-corrected chi connectivity index (χ3v) is 4.16. The molecular formula is C14H24N2O2S. The summed E-state index contributed by atoms with van der Waals surface area (Å²) in [6.07, 6.45) is 3.34. The minimum absolute atomic E-state index is 0.0398. The van der Waals surface area contributed by atoms with E-state index in [2.05, 4.69) is 11.9 Å². The monoisotopic (exact) mass is 284 g/mol. The van der Waals surface area contributed by atoms with Gasteiger partial charge in [0.1, 0.15) is 6.04 Å². The molecule has 1 rings (SSSR count). The summed E-state index contributed by atoms with van der Waals surface area (Å²) < 4.78 is 0. The van der Waals surface area contributed by atoms with Gasteiger partial charge in [0.15, 0.2) is 0 Å². The van der Waals surface area contributed by atoms with Crippen molar-refractivity contribution in [3.8, 4) is 0 Å². The van der Waals surface area contributed by atoms with Gasteiger partial charge in [0.05, 0.1) is 5.75 Å². The van der Waals surface area contributed by atoms with Crippen LogP contribution in [0.1, 0.15) is 33.1 Å². The van der Waals surface area contributed by atoms with Gasteiger partial charge in [-0.15, -0.1) is 11.8 Å². The van der Waals surface area contributed by atoms with E-state index < -0.39 is 6.04 Å². The van der Waals surface area contributed by atoms with E-state index in [1.807, 2.05) is 11.8 Å². The van der Waals surface area contributed by atoms with Gasteiger partial charge in [-0.05, 0) is 33.1 Å². The number of piperidine rings is 1. The summed E-state index contributed by atoms with van der Waals surface area (Å²) in [5, 5.41) is 2.77. The normalized spacial score (nSPS) is 16.8. The summed E-state index contributed by atoms with van der Waals surface area (Å²) in [7, 11) is 0. The molecule has 0 bridgehead atoms. The summed E-state index contributed by atoms with van der Waals surface area (Å²) in [4.78, 5) is 25.7. The molecule has 19 heavy (non-hydrogen) atoms. The van der Waals surface area contributed by atoms with E-state index in [0.717, 1.165) is 37.3 Å². The number of nitrogens with one attached hydrogen (secondary N) is 1. The number of hydrogen-bond acceptors (Lipinski definition) is 3. The van der Waals surface area contributed by atoms with E-state index in [1.54, 1.807) is 6.92 Å². The van der Waals surface area contributed by atoms with Gasteiger partial charge in [0.25, 0.3) is 0 Å². The average Bonchev–Trinajstić information content (AvgIpc) is 2.38. The number of amides is 2. The van der Waals surface area contributed by atoms with Gasteiger partial charge in [-0.3, -0.25) is 9.59 Å². The summed E-state index contributed by atoms with van der Waals surface area (Å²) in [5.41, 5.74) is 1.05. The van der Waals surface area contributed by atoms with Gasteiger partial charge in [0, 0.05) is 18.8 Å². The molecule has 1 N–H and O–H groups in total. The number of likely N-dealkylation sites (tertiary alicyclic amines) is 1. The Labute approximate surface area is 120 Å². The molecule has 0 saturated carbocycles. The maximum atomic E-state index is 12.1. The van der Waals surface area contributed by atoms with Gasteiger partial charge in [-0.1, -0.05) is 12.2 Å². The van der Waals surface area contributed by atoms with Gasteiger partial charge in [-0.25, -0.2) is 0 Å². The summed E-state index contributed by atoms with van der Waals surface area (Å²) in [6, 6.07) is -0.420. The zero-order valence-corrected chi connectivity index (χ0v) is 12.7. The Kier molecular flexibility index (Phi) is 6.99. The van der Waals surface area contributed by atoms with Gasteiger partial charge < -0.3 is 10.2 Å². The number of rotatable bonds is 6. The number of nitrogens with zero attached hydrogens (tertiary/aromatic N) is 1. The molecule has 0 aromatic heterocycles. The molecule has 5 heteroatoms. The van der Waals surface area contributed by atoms with E-state index in [4.69, 9.17) is 0 Å². The lowest BCUT2D eigenvalue weighted by Crippen LogP contribution is -2.48. The first-order valence-electron chi connectivity index (χ1n) is 6.81. The molecule has 0 radical (unpaired) electrons. The van der Waals surface area contributed by atoms with Crippen LogP contribution in [0.4, 0.5) is 0 Å². The third kappa shape index (κ3) is 6.14. The molecule has 1 heterocycles. The lowest BCUT2D eigenvalue weighted by atomic mass is 10.1. The third-order valence-electron chi connectivity index (χ3n) is 3.00. The molecule has 1 fully saturated rings. The minimum atomic E-state index is -0.420. The summed E-state index contributed by atoms with van der Waals surface area (Å²) in [6.45, 7) is 9.13. The molecule has 0 aromatic rings. The Hall–Kier alpha value is -0.970. The molecule has 0 spiro atoms. The number of hydrogen-bond donors (Lipinski definition) is 1. The highest BCUT2D eigenvalue weighted by Gasteiger charge is 2.23. The molecule has 1 atom stereocenters. The van der Waals surface area contributed by atoms with E-state index in [-0.39, 0.29) is 11.8 Å². The van der Waals surface area contributed by atoms with Crippen LogP contribution in [0.15, 0.2) is 12.2 Å². The zero-order valence-electron chi connectivity index (χ0n) is 11.9. The van der Waals surface area contributed by atoms with Crippen LogP contribution in [0.2, 0.25) is 0 Å². The lowest BCUT2D eigenvalue weighted by molar-refractivity contribution is -0.136. The maximum Gasteiger partial charge on any atom is 0.244 e. The first-order valence-corrected chi connectivity index (χ1v) is 7.96. The molecule has 1 aliphatic heterocycles. The summed E-state index contributed by atoms with van der Waals surface area (Å²) in [5.74, 6) is 1.12. The Bertz CT molecular complexity index is 338. The fourth-order valence-electron chi connectivity index (χ4n) is 2.05. The van der Waals surface area contributed by atoms with Crippen LogP contribution in [-0.2, 0) is 9.59 Å². The van der Waals surface area contributed by atoms with Gasteiger partial charge in [-0.2, -0.15) is 0 Å². The van der Waals surface area contributed by atoms with Crippen LogP contribution < -0.4 is 5.32 Å². The van der Waals surface area contributed by atoms with Crippen molar-refractivity contribution in [3.05, 3.63) is 12.2 Å². The SMILES string of the molecule is C=C(C)CSCC(=O)N[C@H](C)C(=O)N1CCCCC1. The van der Waals surface area contributed by atoms with Gasteiger partial charge >= 0.3 is 0 Å². The Balaban J connectivity index is 2.28. The Morgan fingerprint density at radius 3 is 2.47 bits per heavy atom. The molecular weight excluding hydrogens is 260 g/mol. The fraction of sp³-hybridized carbons (Fsp3) is 0.714. The first-order chi connectivity index (χ1) is 9.00. The Morgan fingerprint density at radius 2 is 1.89 bits per heavy atom. The molecule has 0 aliphatic carbocycles. The Morgan fingerprint density at radius 1 is 1.26 bits per heavy atom. The minimum Gasteiger partial charge on any atom is -0.344 e. The van der Waals surface area contributed by atoms with Crippen molar-refractivity contribution in [1.29, 1.82) is 0 Å². The second-order valence-electron chi connectivity index (χ2n) is 5.13. The molecule has 1 aliphatic rings. The standard InChI is InChI=1S/C14H24N2O2S/c1-11(2)9-19-10-13(17)15-12(3)14(18)16-7-5-4-6-8-16/h12H,1,4-10H2,2-3H3,(H,15,17)/t12-/m1/s1. The largest absolute Gasteiger partial charge is 0.344 e. The zero-order chi connectivity index (χ0) is 14.3. The molecule has 0 aromatic carbocycles. The topological polar surface area (TPSA) is 49.4 Å². The van der Waals surface area contributed by atoms with Crippen molar-refractivity contribution in [1.82, 2.24) is 10.2 Å². The maximum absolute atomic E-state index is 12.1. The van der Waals surface area contributed by atoms with Crippen LogP contribution in [0.25, 0.3) is 0 Å². The predicted octanol–water partition coefficient (Wildman–Crippen LogP) is 1.81. The van der Waals surface area contributed by atoms with Crippen molar-refractivity contribution in [2.24, 2.45) is 0 Å². The van der Waals surface area contributed by atoms with E-state index in [9.17, 15) is 9.59 Å². The van der Waals surface area contributed by atoms with E-state index in [0.29, 0.717) is 5.75 Å². The molecule has 108 valence electrons. The number of thioether (sulfide) groups is 1. The molecule has 2 amide bonds. The van der Waals surface area contributed by atoms with Crippen molar-refractivity contribution >= 4 is 23.6 Å². The van der Waals surface area contributed by atoms with Crippen LogP contribution in [-0.4, -0.2) is 47.4 Å². The van der Waals surface area contributed by atoms with Crippen molar-refractivity contribution < 1.29 is 9.59 Å². The van der Waals surface area contributed by atoms with E-state index >= 15 is 0 Å². The van der Waals surface area contributed by atoms with Gasteiger partial charge in [0.2, 0.25) is 11.8 Å². The van der Waals surface area contributed by atoms with Crippen LogP contribution in [0, 0.1) is 0 Å². The highest BCUT2D eigenvalue weighted by molar-refractivity contribution is 8.00. The quantitative estimate of drug-likeness (QED) is 0.757. The lowest BCUT2D eigenvalue weighted by Gasteiger charge is -2.29. The van der Waals surface area contributed by atoms with Crippen molar-refractivity contribution in [3.63, 3.8) is 0 Å².